The monoisotopic (exact) mass is 273 g/mol. The Morgan fingerprint density at radius 2 is 2.12 bits per heavy atom. The van der Waals surface area contributed by atoms with Gasteiger partial charge in [-0.1, -0.05) is 23.2 Å². The van der Waals surface area contributed by atoms with Crippen molar-refractivity contribution in [1.29, 1.82) is 0 Å². The normalized spacial score (nSPS) is 17.6. The third-order valence-corrected chi connectivity index (χ3v) is 3.81. The van der Waals surface area contributed by atoms with Gasteiger partial charge in [-0.05, 0) is 39.0 Å². The lowest BCUT2D eigenvalue weighted by Gasteiger charge is -2.31. The first-order chi connectivity index (χ1) is 8.16. The smallest absolute Gasteiger partial charge is 0.130 e. The molecule has 0 bridgehead atoms. The maximum atomic E-state index is 6.15. The summed E-state index contributed by atoms with van der Waals surface area (Å²) in [6.07, 6.45) is 4.15. The molecule has 0 spiro atoms. The van der Waals surface area contributed by atoms with E-state index in [-0.39, 0.29) is 0 Å². The topological polar surface area (TPSA) is 28.2 Å². The van der Waals surface area contributed by atoms with Crippen LogP contribution in [-0.4, -0.2) is 36.1 Å². The molecule has 5 heteroatoms. The van der Waals surface area contributed by atoms with Crippen molar-refractivity contribution >= 4 is 23.2 Å². The summed E-state index contributed by atoms with van der Waals surface area (Å²) in [5.74, 6) is 0. The van der Waals surface area contributed by atoms with Crippen LogP contribution in [0, 0.1) is 0 Å². The molecule has 0 saturated carbocycles. The lowest BCUT2D eigenvalue weighted by molar-refractivity contribution is 0.191. The van der Waals surface area contributed by atoms with Crippen LogP contribution >= 0.6 is 23.2 Å². The van der Waals surface area contributed by atoms with Crippen LogP contribution < -0.4 is 5.32 Å². The van der Waals surface area contributed by atoms with E-state index in [2.05, 4.69) is 22.2 Å². The second kappa shape index (κ2) is 6.01. The minimum atomic E-state index is 0.447. The second-order valence-corrected chi connectivity index (χ2v) is 5.29. The van der Waals surface area contributed by atoms with Crippen LogP contribution in [0.2, 0.25) is 10.2 Å². The molecule has 1 aliphatic rings. The molecule has 1 aromatic rings. The Hall–Kier alpha value is -0.350. The van der Waals surface area contributed by atoms with Gasteiger partial charge in [-0.3, -0.25) is 4.90 Å². The average molecular weight is 274 g/mol. The number of aromatic nitrogens is 1. The van der Waals surface area contributed by atoms with E-state index in [0.717, 1.165) is 25.2 Å². The zero-order valence-electron chi connectivity index (χ0n) is 9.92. The molecule has 0 amide bonds. The van der Waals surface area contributed by atoms with Gasteiger partial charge >= 0.3 is 0 Å². The van der Waals surface area contributed by atoms with E-state index in [1.54, 1.807) is 12.3 Å². The van der Waals surface area contributed by atoms with Crippen LogP contribution in [0.1, 0.15) is 18.4 Å². The molecule has 1 fully saturated rings. The lowest BCUT2D eigenvalue weighted by Crippen LogP contribution is -2.40. The third kappa shape index (κ3) is 3.55. The first kappa shape index (κ1) is 13.1. The first-order valence-electron chi connectivity index (χ1n) is 5.87. The Morgan fingerprint density at radius 1 is 1.41 bits per heavy atom. The van der Waals surface area contributed by atoms with Gasteiger partial charge in [0.1, 0.15) is 5.15 Å². The van der Waals surface area contributed by atoms with E-state index in [1.807, 2.05) is 0 Å². The number of hydrogen-bond acceptors (Lipinski definition) is 3. The highest BCUT2D eigenvalue weighted by Gasteiger charge is 2.18. The molecule has 2 heterocycles. The summed E-state index contributed by atoms with van der Waals surface area (Å²) < 4.78 is 0. The van der Waals surface area contributed by atoms with Crippen LogP contribution in [0.15, 0.2) is 12.3 Å². The van der Waals surface area contributed by atoms with Crippen molar-refractivity contribution < 1.29 is 0 Å². The number of halogens is 2. The molecule has 1 aliphatic heterocycles. The summed E-state index contributed by atoms with van der Waals surface area (Å²) in [5.41, 5.74) is 1.04. The van der Waals surface area contributed by atoms with E-state index in [4.69, 9.17) is 23.2 Å². The van der Waals surface area contributed by atoms with Crippen molar-refractivity contribution in [2.45, 2.75) is 25.4 Å². The van der Waals surface area contributed by atoms with Gasteiger partial charge in [-0.2, -0.15) is 0 Å². The summed E-state index contributed by atoms with van der Waals surface area (Å²) in [5, 5.41) is 4.52. The number of nitrogens with one attached hydrogen (secondary N) is 1. The first-order valence-corrected chi connectivity index (χ1v) is 6.63. The van der Waals surface area contributed by atoms with Crippen LogP contribution in [0.25, 0.3) is 0 Å². The fraction of sp³-hybridized carbons (Fsp3) is 0.583. The van der Waals surface area contributed by atoms with E-state index in [9.17, 15) is 0 Å². The van der Waals surface area contributed by atoms with Crippen LogP contribution in [0.4, 0.5) is 0 Å². The largest absolute Gasteiger partial charge is 0.317 e. The lowest BCUT2D eigenvalue weighted by atomic mass is 10.0. The van der Waals surface area contributed by atoms with E-state index in [0.29, 0.717) is 16.2 Å². The molecule has 2 rings (SSSR count). The Kier molecular flexibility index (Phi) is 4.62. The maximum absolute atomic E-state index is 6.15. The van der Waals surface area contributed by atoms with Crippen molar-refractivity contribution in [1.82, 2.24) is 15.2 Å². The van der Waals surface area contributed by atoms with Gasteiger partial charge in [0.25, 0.3) is 0 Å². The van der Waals surface area contributed by atoms with Gasteiger partial charge in [0, 0.05) is 29.4 Å². The maximum Gasteiger partial charge on any atom is 0.130 e. The standard InChI is InChI=1S/C12H17Cl2N3/c1-17(10-2-4-15-5-3-10)8-9-7-16-12(14)6-11(9)13/h6-7,10,15H,2-5,8H2,1H3. The predicted molar refractivity (Wildman–Crippen MR) is 71.6 cm³/mol. The molecule has 0 radical (unpaired) electrons. The summed E-state index contributed by atoms with van der Waals surface area (Å²) >= 11 is 11.9. The van der Waals surface area contributed by atoms with Crippen LogP contribution in [-0.2, 0) is 6.54 Å². The third-order valence-electron chi connectivity index (χ3n) is 3.25. The second-order valence-electron chi connectivity index (χ2n) is 4.49. The molecule has 1 N–H and O–H groups in total. The van der Waals surface area contributed by atoms with Crippen molar-refractivity contribution in [3.63, 3.8) is 0 Å². The van der Waals surface area contributed by atoms with Gasteiger partial charge in [-0.25, -0.2) is 4.98 Å². The molecular formula is C12H17Cl2N3. The predicted octanol–water partition coefficient (Wildman–Crippen LogP) is 2.57. The molecule has 0 atom stereocenters. The number of rotatable bonds is 3. The van der Waals surface area contributed by atoms with E-state index in [1.165, 1.54) is 12.8 Å². The molecule has 1 saturated heterocycles. The zero-order chi connectivity index (χ0) is 12.3. The molecule has 0 aromatic carbocycles. The van der Waals surface area contributed by atoms with Crippen molar-refractivity contribution in [3.8, 4) is 0 Å². The van der Waals surface area contributed by atoms with Gasteiger partial charge in [0.05, 0.1) is 0 Å². The number of nitrogens with zero attached hydrogens (tertiary/aromatic N) is 2. The Balaban J connectivity index is 1.99. The quantitative estimate of drug-likeness (QED) is 0.859. The minimum Gasteiger partial charge on any atom is -0.317 e. The molecular weight excluding hydrogens is 257 g/mol. The Morgan fingerprint density at radius 3 is 2.76 bits per heavy atom. The molecule has 0 unspecified atom stereocenters. The Bertz CT molecular complexity index is 378. The van der Waals surface area contributed by atoms with Crippen LogP contribution in [0.5, 0.6) is 0 Å². The highest BCUT2D eigenvalue weighted by molar-refractivity contribution is 6.34. The molecule has 17 heavy (non-hydrogen) atoms. The van der Waals surface area contributed by atoms with Gasteiger partial charge in [-0.15, -0.1) is 0 Å². The molecule has 0 aliphatic carbocycles. The van der Waals surface area contributed by atoms with Crippen molar-refractivity contribution in [3.05, 3.63) is 28.0 Å². The van der Waals surface area contributed by atoms with Crippen molar-refractivity contribution in [2.24, 2.45) is 0 Å². The number of hydrogen-bond donors (Lipinski definition) is 1. The Labute approximate surface area is 112 Å². The fourth-order valence-corrected chi connectivity index (χ4v) is 2.62. The van der Waals surface area contributed by atoms with Gasteiger partial charge in [0.2, 0.25) is 0 Å². The summed E-state index contributed by atoms with van der Waals surface area (Å²) in [6.45, 7) is 3.02. The number of piperidine rings is 1. The highest BCUT2D eigenvalue weighted by atomic mass is 35.5. The van der Waals surface area contributed by atoms with Gasteiger partial charge in [0.15, 0.2) is 0 Å². The van der Waals surface area contributed by atoms with E-state index < -0.39 is 0 Å². The molecule has 1 aromatic heterocycles. The fourth-order valence-electron chi connectivity index (χ4n) is 2.20. The summed E-state index contributed by atoms with van der Waals surface area (Å²) in [7, 11) is 2.14. The minimum absolute atomic E-state index is 0.447. The average Bonchev–Trinajstić information content (AvgIpc) is 2.34. The molecule has 94 valence electrons. The van der Waals surface area contributed by atoms with Crippen LogP contribution in [0.3, 0.4) is 0 Å². The summed E-state index contributed by atoms with van der Waals surface area (Å²) in [6, 6.07) is 2.33. The summed E-state index contributed by atoms with van der Waals surface area (Å²) in [4.78, 5) is 6.43. The molecule has 3 nitrogen and oxygen atoms in total. The van der Waals surface area contributed by atoms with E-state index >= 15 is 0 Å². The van der Waals surface area contributed by atoms with Gasteiger partial charge < -0.3 is 5.32 Å². The van der Waals surface area contributed by atoms with Crippen molar-refractivity contribution in [2.75, 3.05) is 20.1 Å². The number of pyridine rings is 1. The highest BCUT2D eigenvalue weighted by Crippen LogP contribution is 2.21. The zero-order valence-corrected chi connectivity index (χ0v) is 11.4. The SMILES string of the molecule is CN(Cc1cnc(Cl)cc1Cl)C1CCNCC1.